The molecule has 2 aromatic carbocycles. The van der Waals surface area contributed by atoms with E-state index in [1.807, 2.05) is 0 Å². The summed E-state index contributed by atoms with van der Waals surface area (Å²) in [6, 6.07) is 10.8. The van der Waals surface area contributed by atoms with Gasteiger partial charge < -0.3 is 19.5 Å². The zero-order valence-corrected chi connectivity index (χ0v) is 15.9. The van der Waals surface area contributed by atoms with Gasteiger partial charge in [-0.25, -0.2) is 4.68 Å². The highest BCUT2D eigenvalue weighted by molar-refractivity contribution is 6.30. The Balaban J connectivity index is 1.62. The first-order valence-corrected chi connectivity index (χ1v) is 8.67. The molecule has 0 radical (unpaired) electrons. The van der Waals surface area contributed by atoms with Crippen molar-refractivity contribution in [2.75, 3.05) is 12.4 Å². The van der Waals surface area contributed by atoms with Crippen molar-refractivity contribution in [3.05, 3.63) is 65.4 Å². The van der Waals surface area contributed by atoms with Crippen molar-refractivity contribution in [2.45, 2.75) is 13.3 Å². The lowest BCUT2D eigenvalue weighted by Gasteiger charge is -2.11. The first-order chi connectivity index (χ1) is 13.9. The maximum Gasteiger partial charge on any atom is 0.387 e. The molecular formula is C19H16ClF2N3O4. The third-order valence-corrected chi connectivity index (χ3v) is 3.93. The molecule has 0 spiro atoms. The van der Waals surface area contributed by atoms with Gasteiger partial charge in [0.25, 0.3) is 5.91 Å². The van der Waals surface area contributed by atoms with Crippen LogP contribution < -0.4 is 19.5 Å². The fourth-order valence-corrected chi connectivity index (χ4v) is 2.58. The monoisotopic (exact) mass is 423 g/mol. The SMILES string of the molecule is COc1cc(C(=O)Nc2cnn(COc3cccc(Cl)c3)c2)ccc1OC(F)F. The lowest BCUT2D eigenvalue weighted by atomic mass is 10.2. The molecule has 1 heterocycles. The Kier molecular flexibility index (Phi) is 6.50. The minimum atomic E-state index is -3.00. The van der Waals surface area contributed by atoms with E-state index in [-0.39, 0.29) is 23.8 Å². The average Bonchev–Trinajstić information content (AvgIpc) is 3.13. The Labute approximate surface area is 169 Å². The lowest BCUT2D eigenvalue weighted by molar-refractivity contribution is -0.0512. The maximum absolute atomic E-state index is 12.4. The fourth-order valence-electron chi connectivity index (χ4n) is 2.40. The van der Waals surface area contributed by atoms with Crippen LogP contribution in [-0.4, -0.2) is 29.4 Å². The summed E-state index contributed by atoms with van der Waals surface area (Å²) in [7, 11) is 1.29. The van der Waals surface area contributed by atoms with Gasteiger partial charge >= 0.3 is 6.61 Å². The summed E-state index contributed by atoms with van der Waals surface area (Å²) in [5.74, 6) is -0.0346. The first kappa shape index (κ1) is 20.4. The van der Waals surface area contributed by atoms with Crippen molar-refractivity contribution in [3.8, 4) is 17.2 Å². The fraction of sp³-hybridized carbons (Fsp3) is 0.158. The van der Waals surface area contributed by atoms with Crippen LogP contribution in [0.15, 0.2) is 54.9 Å². The molecule has 152 valence electrons. The van der Waals surface area contributed by atoms with E-state index < -0.39 is 12.5 Å². The van der Waals surface area contributed by atoms with Gasteiger partial charge in [0, 0.05) is 10.6 Å². The second-order valence-corrected chi connectivity index (χ2v) is 6.13. The largest absolute Gasteiger partial charge is 0.493 e. The molecule has 0 aliphatic heterocycles. The third-order valence-electron chi connectivity index (χ3n) is 3.69. The number of halogens is 3. The standard InChI is InChI=1S/C19H16ClF2N3O4/c1-27-17-7-12(5-6-16(17)29-19(21)22)18(26)24-14-9-23-25(10-14)11-28-15-4-2-3-13(20)8-15/h2-10,19H,11H2,1H3,(H,24,26). The number of hydrogen-bond acceptors (Lipinski definition) is 5. The van der Waals surface area contributed by atoms with Crippen LogP contribution in [0.4, 0.5) is 14.5 Å². The number of nitrogens with zero attached hydrogens (tertiary/aromatic N) is 2. The Morgan fingerprint density at radius 1 is 1.24 bits per heavy atom. The van der Waals surface area contributed by atoms with E-state index in [4.69, 9.17) is 21.1 Å². The molecule has 0 unspecified atom stereocenters. The quantitative estimate of drug-likeness (QED) is 0.580. The molecule has 3 aromatic rings. The predicted molar refractivity (Wildman–Crippen MR) is 102 cm³/mol. The number of anilines is 1. The molecule has 0 saturated heterocycles. The van der Waals surface area contributed by atoms with E-state index in [0.717, 1.165) is 0 Å². The van der Waals surface area contributed by atoms with E-state index in [2.05, 4.69) is 15.2 Å². The van der Waals surface area contributed by atoms with Crippen LogP contribution in [-0.2, 0) is 6.73 Å². The van der Waals surface area contributed by atoms with E-state index in [1.165, 1.54) is 36.2 Å². The van der Waals surface area contributed by atoms with E-state index in [1.54, 1.807) is 30.5 Å². The van der Waals surface area contributed by atoms with Crippen molar-refractivity contribution in [2.24, 2.45) is 0 Å². The van der Waals surface area contributed by atoms with Gasteiger partial charge in [-0.15, -0.1) is 0 Å². The van der Waals surface area contributed by atoms with E-state index in [0.29, 0.717) is 16.5 Å². The van der Waals surface area contributed by atoms with Gasteiger partial charge in [-0.2, -0.15) is 13.9 Å². The third kappa shape index (κ3) is 5.58. The lowest BCUT2D eigenvalue weighted by Crippen LogP contribution is -2.12. The van der Waals surface area contributed by atoms with Gasteiger partial charge in [0.15, 0.2) is 18.2 Å². The maximum atomic E-state index is 12.4. The van der Waals surface area contributed by atoms with Gasteiger partial charge in [-0.1, -0.05) is 17.7 Å². The number of rotatable bonds is 8. The molecule has 29 heavy (non-hydrogen) atoms. The van der Waals surface area contributed by atoms with Gasteiger partial charge in [-0.05, 0) is 36.4 Å². The van der Waals surface area contributed by atoms with Crippen molar-refractivity contribution in [1.82, 2.24) is 9.78 Å². The molecule has 7 nitrogen and oxygen atoms in total. The smallest absolute Gasteiger partial charge is 0.387 e. The molecule has 1 N–H and O–H groups in total. The predicted octanol–water partition coefficient (Wildman–Crippen LogP) is 4.44. The Morgan fingerprint density at radius 3 is 2.79 bits per heavy atom. The molecule has 3 rings (SSSR count). The zero-order valence-electron chi connectivity index (χ0n) is 15.1. The highest BCUT2D eigenvalue weighted by Gasteiger charge is 2.15. The summed E-state index contributed by atoms with van der Waals surface area (Å²) in [5, 5.41) is 7.30. The van der Waals surface area contributed by atoms with Crippen LogP contribution in [0, 0.1) is 0 Å². The highest BCUT2D eigenvalue weighted by atomic mass is 35.5. The van der Waals surface area contributed by atoms with Crippen molar-refractivity contribution in [1.29, 1.82) is 0 Å². The second kappa shape index (κ2) is 9.24. The van der Waals surface area contributed by atoms with E-state index >= 15 is 0 Å². The number of amides is 1. The van der Waals surface area contributed by atoms with Gasteiger partial charge in [0.2, 0.25) is 0 Å². The van der Waals surface area contributed by atoms with Crippen LogP contribution in [0.2, 0.25) is 5.02 Å². The number of carbonyl (C=O) groups is 1. The van der Waals surface area contributed by atoms with Crippen LogP contribution in [0.1, 0.15) is 10.4 Å². The summed E-state index contributed by atoms with van der Waals surface area (Å²) in [4.78, 5) is 12.4. The summed E-state index contributed by atoms with van der Waals surface area (Å²) >= 11 is 5.90. The number of nitrogens with one attached hydrogen (secondary N) is 1. The second-order valence-electron chi connectivity index (χ2n) is 5.70. The van der Waals surface area contributed by atoms with Crippen molar-refractivity contribution >= 4 is 23.2 Å². The van der Waals surface area contributed by atoms with Gasteiger partial charge in [-0.3, -0.25) is 4.79 Å². The Morgan fingerprint density at radius 2 is 2.07 bits per heavy atom. The number of methoxy groups -OCH3 is 1. The molecule has 0 atom stereocenters. The molecule has 0 aliphatic carbocycles. The highest BCUT2D eigenvalue weighted by Crippen LogP contribution is 2.29. The molecule has 1 amide bonds. The van der Waals surface area contributed by atoms with Crippen LogP contribution in [0.25, 0.3) is 0 Å². The molecule has 0 saturated carbocycles. The number of alkyl halides is 2. The minimum absolute atomic E-state index is 0.0172. The number of benzene rings is 2. The molecule has 0 bridgehead atoms. The average molecular weight is 424 g/mol. The summed E-state index contributed by atoms with van der Waals surface area (Å²) in [6.45, 7) is -2.88. The minimum Gasteiger partial charge on any atom is -0.493 e. The number of hydrogen-bond donors (Lipinski definition) is 1. The van der Waals surface area contributed by atoms with Gasteiger partial charge in [0.1, 0.15) is 5.75 Å². The molecule has 0 fully saturated rings. The zero-order chi connectivity index (χ0) is 20.8. The molecule has 1 aromatic heterocycles. The topological polar surface area (TPSA) is 74.6 Å². The van der Waals surface area contributed by atoms with Crippen LogP contribution in [0.3, 0.4) is 0 Å². The van der Waals surface area contributed by atoms with Gasteiger partial charge in [0.05, 0.1) is 25.2 Å². The summed E-state index contributed by atoms with van der Waals surface area (Å²) in [6.07, 6.45) is 3.03. The molecule has 10 heteroatoms. The van der Waals surface area contributed by atoms with E-state index in [9.17, 15) is 13.6 Å². The Hall–Kier alpha value is -3.33. The number of ether oxygens (including phenoxy) is 3. The number of aromatic nitrogens is 2. The van der Waals surface area contributed by atoms with Crippen LogP contribution in [0.5, 0.6) is 17.2 Å². The number of carbonyl (C=O) groups excluding carboxylic acids is 1. The summed E-state index contributed by atoms with van der Waals surface area (Å²) < 4.78 is 41.2. The Bertz CT molecular complexity index is 997. The molecular weight excluding hydrogens is 408 g/mol. The van der Waals surface area contributed by atoms with Crippen LogP contribution >= 0.6 is 11.6 Å². The normalized spacial score (nSPS) is 10.7. The molecule has 0 aliphatic rings. The first-order valence-electron chi connectivity index (χ1n) is 8.29. The summed E-state index contributed by atoms with van der Waals surface area (Å²) in [5.41, 5.74) is 0.628. The van der Waals surface area contributed by atoms with Crippen molar-refractivity contribution < 1.29 is 27.8 Å². The van der Waals surface area contributed by atoms with Crippen molar-refractivity contribution in [3.63, 3.8) is 0 Å².